The van der Waals surface area contributed by atoms with Crippen LogP contribution in [0.1, 0.15) is 26.3 Å². The molecule has 0 aromatic heterocycles. The van der Waals surface area contributed by atoms with Crippen LogP contribution in [0, 0.1) is 0 Å². The van der Waals surface area contributed by atoms with E-state index in [-0.39, 0.29) is 17.7 Å². The summed E-state index contributed by atoms with van der Waals surface area (Å²) in [6.07, 6.45) is 0. The van der Waals surface area contributed by atoms with Gasteiger partial charge in [-0.25, -0.2) is 9.59 Å². The first kappa shape index (κ1) is 18.5. The Bertz CT molecular complexity index is 928. The highest BCUT2D eigenvalue weighted by Gasteiger charge is 2.39. The maximum Gasteiger partial charge on any atom is 0.335 e. The zero-order valence-corrected chi connectivity index (χ0v) is 14.6. The van der Waals surface area contributed by atoms with Crippen molar-refractivity contribution < 1.29 is 29.4 Å². The minimum atomic E-state index is -1.09. The number of benzene rings is 2. The van der Waals surface area contributed by atoms with Crippen molar-refractivity contribution in [3.63, 3.8) is 0 Å². The Morgan fingerprint density at radius 2 is 1.67 bits per heavy atom. The lowest BCUT2D eigenvalue weighted by Crippen LogP contribution is -2.33. The van der Waals surface area contributed by atoms with Gasteiger partial charge in [0.2, 0.25) is 0 Å². The normalized spacial score (nSPS) is 16.4. The molecule has 1 heterocycles. The largest absolute Gasteiger partial charge is 0.478 e. The number of carboxylic acids is 2. The van der Waals surface area contributed by atoms with E-state index in [9.17, 15) is 19.2 Å². The summed E-state index contributed by atoms with van der Waals surface area (Å²) in [7, 11) is 0. The molecule has 0 radical (unpaired) electrons. The molecule has 1 fully saturated rings. The Kier molecular flexibility index (Phi) is 5.13. The van der Waals surface area contributed by atoms with E-state index >= 15 is 0 Å². The van der Waals surface area contributed by atoms with Crippen LogP contribution in [0.5, 0.6) is 0 Å². The molecule has 27 heavy (non-hydrogen) atoms. The molecule has 1 aliphatic heterocycles. The van der Waals surface area contributed by atoms with Crippen LogP contribution in [0.25, 0.3) is 0 Å². The van der Waals surface area contributed by atoms with Crippen LogP contribution < -0.4 is 5.32 Å². The second-order valence-corrected chi connectivity index (χ2v) is 6.78. The summed E-state index contributed by atoms with van der Waals surface area (Å²) in [6.45, 7) is 0.0257. The third kappa shape index (κ3) is 4.09. The van der Waals surface area contributed by atoms with Gasteiger partial charge in [-0.3, -0.25) is 14.5 Å². The van der Waals surface area contributed by atoms with Crippen molar-refractivity contribution in [1.82, 2.24) is 4.90 Å². The number of anilines is 1. The number of carbonyl (C=O) groups excluding carboxylic acids is 2. The molecular weight excluding hydrogens is 372 g/mol. The topological polar surface area (TPSA) is 124 Å². The smallest absolute Gasteiger partial charge is 0.335 e. The monoisotopic (exact) mass is 386 g/mol. The molecule has 0 saturated carbocycles. The molecule has 138 valence electrons. The third-order valence-electron chi connectivity index (χ3n) is 3.88. The Morgan fingerprint density at radius 1 is 1.00 bits per heavy atom. The number of thioether (sulfide) groups is 1. The number of nitrogens with one attached hydrogen (secondary N) is 1. The van der Waals surface area contributed by atoms with E-state index < -0.39 is 28.5 Å². The standard InChI is InChI=1S/C18H14N2O6S/c21-15-14(19-13-3-1-2-12(8-13)17(24)25)27-18(26)20(15)9-10-4-6-11(7-5-10)16(22)23/h1-8,14,19H,9H2,(H,22,23)(H,24,25)/t14-/m1/s1. The zero-order chi connectivity index (χ0) is 19.6. The van der Waals surface area contributed by atoms with Crippen molar-refractivity contribution in [2.45, 2.75) is 11.9 Å². The van der Waals surface area contributed by atoms with Gasteiger partial charge in [0, 0.05) is 5.69 Å². The molecular formula is C18H14N2O6S. The first-order valence-corrected chi connectivity index (χ1v) is 8.67. The average Bonchev–Trinajstić information content (AvgIpc) is 2.90. The Morgan fingerprint density at radius 3 is 2.30 bits per heavy atom. The van der Waals surface area contributed by atoms with Gasteiger partial charge in [-0.2, -0.15) is 0 Å². The number of imide groups is 1. The average molecular weight is 386 g/mol. The van der Waals surface area contributed by atoms with Crippen molar-refractivity contribution in [2.24, 2.45) is 0 Å². The molecule has 1 aliphatic rings. The van der Waals surface area contributed by atoms with E-state index in [4.69, 9.17) is 10.2 Å². The molecule has 2 aromatic carbocycles. The maximum absolute atomic E-state index is 12.5. The second-order valence-electron chi connectivity index (χ2n) is 5.72. The molecule has 0 bridgehead atoms. The van der Waals surface area contributed by atoms with Gasteiger partial charge >= 0.3 is 11.9 Å². The van der Waals surface area contributed by atoms with E-state index in [1.165, 1.54) is 24.3 Å². The lowest BCUT2D eigenvalue weighted by Gasteiger charge is -2.15. The first-order valence-electron chi connectivity index (χ1n) is 7.79. The summed E-state index contributed by atoms with van der Waals surface area (Å²) in [5.74, 6) is -2.60. The highest BCUT2D eigenvalue weighted by Crippen LogP contribution is 2.29. The van der Waals surface area contributed by atoms with Crippen LogP contribution in [-0.4, -0.2) is 43.6 Å². The zero-order valence-electron chi connectivity index (χ0n) is 13.8. The predicted octanol–water partition coefficient (Wildman–Crippen LogP) is 2.72. The van der Waals surface area contributed by atoms with Gasteiger partial charge in [0.05, 0.1) is 17.7 Å². The van der Waals surface area contributed by atoms with Gasteiger partial charge in [-0.1, -0.05) is 18.2 Å². The molecule has 3 rings (SSSR count). The number of rotatable bonds is 6. The molecule has 0 unspecified atom stereocenters. The number of aromatic carboxylic acids is 2. The third-order valence-corrected chi connectivity index (χ3v) is 4.86. The number of hydrogen-bond donors (Lipinski definition) is 3. The molecule has 0 aliphatic carbocycles. The molecule has 8 nitrogen and oxygen atoms in total. The van der Waals surface area contributed by atoms with Gasteiger partial charge in [-0.05, 0) is 47.7 Å². The number of amides is 2. The van der Waals surface area contributed by atoms with Crippen LogP contribution in [-0.2, 0) is 11.3 Å². The van der Waals surface area contributed by atoms with Gasteiger partial charge in [0.15, 0.2) is 5.37 Å². The van der Waals surface area contributed by atoms with E-state index in [0.717, 1.165) is 16.7 Å². The summed E-state index contributed by atoms with van der Waals surface area (Å²) in [5.41, 5.74) is 1.22. The van der Waals surface area contributed by atoms with Gasteiger partial charge < -0.3 is 15.5 Å². The molecule has 2 aromatic rings. The molecule has 0 spiro atoms. The quantitative estimate of drug-likeness (QED) is 0.692. The second kappa shape index (κ2) is 7.50. The van der Waals surface area contributed by atoms with E-state index in [0.29, 0.717) is 11.3 Å². The molecule has 1 saturated heterocycles. The van der Waals surface area contributed by atoms with E-state index in [1.807, 2.05) is 0 Å². The molecule has 1 atom stereocenters. The molecule has 2 amide bonds. The predicted molar refractivity (Wildman–Crippen MR) is 97.8 cm³/mol. The van der Waals surface area contributed by atoms with Crippen molar-refractivity contribution in [3.05, 3.63) is 65.2 Å². The molecule has 3 N–H and O–H groups in total. The van der Waals surface area contributed by atoms with Crippen molar-refractivity contribution in [2.75, 3.05) is 5.32 Å². The van der Waals surface area contributed by atoms with Crippen molar-refractivity contribution in [1.29, 1.82) is 0 Å². The lowest BCUT2D eigenvalue weighted by atomic mass is 10.1. The minimum Gasteiger partial charge on any atom is -0.478 e. The van der Waals surface area contributed by atoms with Crippen LogP contribution >= 0.6 is 11.8 Å². The fraction of sp³-hybridized carbons (Fsp3) is 0.111. The Hall–Kier alpha value is -3.33. The Labute approximate surface area is 157 Å². The fourth-order valence-corrected chi connectivity index (χ4v) is 3.42. The first-order chi connectivity index (χ1) is 12.8. The highest BCUT2D eigenvalue weighted by atomic mass is 32.2. The Balaban J connectivity index is 1.70. The number of carbonyl (C=O) groups is 4. The molecule has 9 heteroatoms. The summed E-state index contributed by atoms with van der Waals surface area (Å²) in [5, 5.41) is 19.5. The van der Waals surface area contributed by atoms with E-state index in [1.54, 1.807) is 24.3 Å². The SMILES string of the molecule is O=C(O)c1ccc(CN2C(=O)S[C@@H](Nc3cccc(C(=O)O)c3)C2=O)cc1. The van der Waals surface area contributed by atoms with Gasteiger partial charge in [-0.15, -0.1) is 0 Å². The summed E-state index contributed by atoms with van der Waals surface area (Å²) < 4.78 is 0. The number of nitrogens with zero attached hydrogens (tertiary/aromatic N) is 1. The van der Waals surface area contributed by atoms with Crippen LogP contribution in [0.15, 0.2) is 48.5 Å². The van der Waals surface area contributed by atoms with Crippen LogP contribution in [0.2, 0.25) is 0 Å². The van der Waals surface area contributed by atoms with Crippen molar-refractivity contribution in [3.8, 4) is 0 Å². The maximum atomic E-state index is 12.5. The summed E-state index contributed by atoms with van der Waals surface area (Å²) in [6, 6.07) is 11.9. The number of carboxylic acid groups (broad SMARTS) is 2. The van der Waals surface area contributed by atoms with Crippen LogP contribution in [0.3, 0.4) is 0 Å². The van der Waals surface area contributed by atoms with Gasteiger partial charge in [0.25, 0.3) is 11.1 Å². The van der Waals surface area contributed by atoms with Gasteiger partial charge in [0.1, 0.15) is 0 Å². The van der Waals surface area contributed by atoms with E-state index in [2.05, 4.69) is 5.32 Å². The summed E-state index contributed by atoms with van der Waals surface area (Å²) >= 11 is 0.803. The minimum absolute atomic E-state index is 0.0257. The summed E-state index contributed by atoms with van der Waals surface area (Å²) in [4.78, 5) is 47.7. The number of hydrogen-bond acceptors (Lipinski definition) is 6. The lowest BCUT2D eigenvalue weighted by molar-refractivity contribution is -0.126. The highest BCUT2D eigenvalue weighted by molar-refractivity contribution is 8.15. The van der Waals surface area contributed by atoms with Crippen molar-refractivity contribution >= 4 is 40.5 Å². The fourth-order valence-electron chi connectivity index (χ4n) is 2.51. The van der Waals surface area contributed by atoms with Crippen LogP contribution in [0.4, 0.5) is 10.5 Å².